The summed E-state index contributed by atoms with van der Waals surface area (Å²) >= 11 is 0. The molecular formula is C17H18N2O4. The van der Waals surface area contributed by atoms with Crippen molar-refractivity contribution in [3.8, 4) is 17.2 Å². The highest BCUT2D eigenvalue weighted by molar-refractivity contribution is 5.96. The van der Waals surface area contributed by atoms with Gasteiger partial charge in [-0.05, 0) is 30.3 Å². The number of phenols is 2. The van der Waals surface area contributed by atoms with Gasteiger partial charge in [0.1, 0.15) is 17.2 Å². The van der Waals surface area contributed by atoms with E-state index in [-0.39, 0.29) is 23.0 Å². The van der Waals surface area contributed by atoms with Crippen LogP contribution in [0.4, 0.5) is 0 Å². The number of aliphatic imine (C=N–C) groups is 1. The van der Waals surface area contributed by atoms with E-state index in [1.807, 2.05) is 0 Å². The predicted molar refractivity (Wildman–Crippen MR) is 87.6 cm³/mol. The molecule has 2 aromatic carbocycles. The van der Waals surface area contributed by atoms with Crippen LogP contribution < -0.4 is 10.1 Å². The minimum absolute atomic E-state index is 0.0604. The average molecular weight is 314 g/mol. The van der Waals surface area contributed by atoms with Crippen molar-refractivity contribution in [1.29, 1.82) is 0 Å². The largest absolute Gasteiger partial charge is 0.507 e. The third-order valence-corrected chi connectivity index (χ3v) is 3.14. The van der Waals surface area contributed by atoms with Crippen LogP contribution in [0.1, 0.15) is 15.9 Å². The lowest BCUT2D eigenvalue weighted by molar-refractivity contribution is 0.0952. The van der Waals surface area contributed by atoms with Crippen LogP contribution in [0.25, 0.3) is 0 Å². The molecule has 3 N–H and O–H groups in total. The Kier molecular flexibility index (Phi) is 5.57. The van der Waals surface area contributed by atoms with Gasteiger partial charge in [0, 0.05) is 18.3 Å². The lowest BCUT2D eigenvalue weighted by Gasteiger charge is -2.05. The first-order valence-electron chi connectivity index (χ1n) is 7.05. The molecule has 0 saturated carbocycles. The Hall–Kier alpha value is -3.02. The maximum Gasteiger partial charge on any atom is 0.255 e. The number of carbonyl (C=O) groups excluding carboxylic acids is 1. The summed E-state index contributed by atoms with van der Waals surface area (Å²) in [5.41, 5.74) is 0.762. The molecule has 0 aliphatic rings. The van der Waals surface area contributed by atoms with E-state index in [0.29, 0.717) is 24.4 Å². The van der Waals surface area contributed by atoms with Gasteiger partial charge in [0.2, 0.25) is 0 Å². The van der Waals surface area contributed by atoms with Crippen LogP contribution in [0, 0.1) is 0 Å². The zero-order valence-corrected chi connectivity index (χ0v) is 12.7. The maximum atomic E-state index is 11.9. The number of carbonyl (C=O) groups is 1. The number of rotatable bonds is 6. The Morgan fingerprint density at radius 1 is 1.22 bits per heavy atom. The zero-order valence-electron chi connectivity index (χ0n) is 12.7. The predicted octanol–water partition coefficient (Wildman–Crippen LogP) is 1.96. The van der Waals surface area contributed by atoms with Crippen molar-refractivity contribution in [2.24, 2.45) is 4.99 Å². The van der Waals surface area contributed by atoms with Gasteiger partial charge in [-0.1, -0.05) is 12.1 Å². The topological polar surface area (TPSA) is 91.2 Å². The van der Waals surface area contributed by atoms with Crippen molar-refractivity contribution in [3.63, 3.8) is 0 Å². The maximum absolute atomic E-state index is 11.9. The number of benzene rings is 2. The van der Waals surface area contributed by atoms with Gasteiger partial charge in [-0.3, -0.25) is 9.79 Å². The van der Waals surface area contributed by atoms with Crippen molar-refractivity contribution < 1.29 is 19.7 Å². The highest BCUT2D eigenvalue weighted by Gasteiger charge is 2.08. The molecule has 6 nitrogen and oxygen atoms in total. The minimum atomic E-state index is -0.359. The summed E-state index contributed by atoms with van der Waals surface area (Å²) in [6.07, 6.45) is 1.52. The molecule has 0 unspecified atom stereocenters. The second-order valence-corrected chi connectivity index (χ2v) is 4.73. The smallest absolute Gasteiger partial charge is 0.255 e. The molecule has 120 valence electrons. The van der Waals surface area contributed by atoms with E-state index in [2.05, 4.69) is 10.3 Å². The number of nitrogens with zero attached hydrogens (tertiary/aromatic N) is 1. The fourth-order valence-electron chi connectivity index (χ4n) is 1.92. The highest BCUT2D eigenvalue weighted by atomic mass is 16.5. The quantitative estimate of drug-likeness (QED) is 0.561. The lowest BCUT2D eigenvalue weighted by Crippen LogP contribution is -2.26. The fraction of sp³-hybridized carbons (Fsp3) is 0.176. The molecule has 0 spiro atoms. The number of phenolic OH excluding ortho intramolecular Hbond substituents is 2. The number of nitrogens with one attached hydrogen (secondary N) is 1. The molecule has 6 heteroatoms. The summed E-state index contributed by atoms with van der Waals surface area (Å²) in [6, 6.07) is 11.2. The van der Waals surface area contributed by atoms with E-state index in [4.69, 9.17) is 4.74 Å². The number of hydrogen-bond acceptors (Lipinski definition) is 5. The Bertz CT molecular complexity index is 713. The molecule has 0 bridgehead atoms. The standard InChI is InChI=1S/C17H18N2O4/c1-23-13-6-7-15(20)12(10-13)11-18-8-9-19-17(22)14-4-2-3-5-16(14)21/h2-7,10-11,20-21H,8-9H2,1H3,(H,19,22). The molecule has 0 radical (unpaired) electrons. The average Bonchev–Trinajstić information content (AvgIpc) is 2.56. The molecule has 0 fully saturated rings. The van der Waals surface area contributed by atoms with Gasteiger partial charge in [0.15, 0.2) is 0 Å². The summed E-state index contributed by atoms with van der Waals surface area (Å²) in [7, 11) is 1.54. The van der Waals surface area contributed by atoms with Crippen LogP contribution in [0.3, 0.4) is 0 Å². The molecular weight excluding hydrogens is 296 g/mol. The second-order valence-electron chi connectivity index (χ2n) is 4.73. The summed E-state index contributed by atoms with van der Waals surface area (Å²) in [6.45, 7) is 0.657. The highest BCUT2D eigenvalue weighted by Crippen LogP contribution is 2.21. The third-order valence-electron chi connectivity index (χ3n) is 3.14. The summed E-state index contributed by atoms with van der Waals surface area (Å²) in [4.78, 5) is 16.0. The van der Waals surface area contributed by atoms with Crippen LogP contribution in [0.15, 0.2) is 47.5 Å². The van der Waals surface area contributed by atoms with Gasteiger partial charge >= 0.3 is 0 Å². The van der Waals surface area contributed by atoms with E-state index >= 15 is 0 Å². The summed E-state index contributed by atoms with van der Waals surface area (Å²) in [5, 5.41) is 22.0. The van der Waals surface area contributed by atoms with Gasteiger partial charge in [-0.15, -0.1) is 0 Å². The Morgan fingerprint density at radius 2 is 2.00 bits per heavy atom. The van der Waals surface area contributed by atoms with Crippen LogP contribution >= 0.6 is 0 Å². The lowest BCUT2D eigenvalue weighted by atomic mass is 10.2. The summed E-state index contributed by atoms with van der Waals surface area (Å²) < 4.78 is 5.08. The monoisotopic (exact) mass is 314 g/mol. The van der Waals surface area contributed by atoms with Gasteiger partial charge in [-0.2, -0.15) is 0 Å². The number of aromatic hydroxyl groups is 2. The van der Waals surface area contributed by atoms with Gasteiger partial charge < -0.3 is 20.3 Å². The SMILES string of the molecule is COc1ccc(O)c(C=NCCNC(=O)c2ccccc2O)c1. The molecule has 0 heterocycles. The molecule has 23 heavy (non-hydrogen) atoms. The normalized spacial score (nSPS) is 10.7. The Balaban J connectivity index is 1.86. The van der Waals surface area contributed by atoms with Crippen molar-refractivity contribution in [1.82, 2.24) is 5.32 Å². The van der Waals surface area contributed by atoms with Crippen LogP contribution in [-0.4, -0.2) is 42.5 Å². The van der Waals surface area contributed by atoms with Crippen LogP contribution in [0.2, 0.25) is 0 Å². The van der Waals surface area contributed by atoms with E-state index in [1.54, 1.807) is 37.4 Å². The first-order chi connectivity index (χ1) is 11.1. The van der Waals surface area contributed by atoms with Gasteiger partial charge in [0.05, 0.1) is 19.2 Å². The molecule has 0 aromatic heterocycles. The first kappa shape index (κ1) is 16.4. The fourth-order valence-corrected chi connectivity index (χ4v) is 1.92. The van der Waals surface area contributed by atoms with E-state index in [1.165, 1.54) is 18.3 Å². The third kappa shape index (κ3) is 4.47. The number of hydrogen-bond donors (Lipinski definition) is 3. The van der Waals surface area contributed by atoms with E-state index in [9.17, 15) is 15.0 Å². The van der Waals surface area contributed by atoms with Crippen molar-refractivity contribution in [2.75, 3.05) is 20.2 Å². The number of para-hydroxylation sites is 1. The first-order valence-corrected chi connectivity index (χ1v) is 7.05. The Morgan fingerprint density at radius 3 is 2.74 bits per heavy atom. The molecule has 0 aliphatic heterocycles. The number of ether oxygens (including phenoxy) is 1. The number of amides is 1. The number of methoxy groups -OCH3 is 1. The van der Waals surface area contributed by atoms with E-state index < -0.39 is 0 Å². The molecule has 1 amide bonds. The van der Waals surface area contributed by atoms with Gasteiger partial charge in [0.25, 0.3) is 5.91 Å². The molecule has 0 saturated heterocycles. The van der Waals surface area contributed by atoms with E-state index in [0.717, 1.165) is 0 Å². The minimum Gasteiger partial charge on any atom is -0.507 e. The summed E-state index contributed by atoms with van der Waals surface area (Å²) in [5.74, 6) is 0.308. The van der Waals surface area contributed by atoms with Crippen molar-refractivity contribution in [3.05, 3.63) is 53.6 Å². The zero-order chi connectivity index (χ0) is 16.7. The van der Waals surface area contributed by atoms with Gasteiger partial charge in [-0.25, -0.2) is 0 Å². The molecule has 2 rings (SSSR count). The second kappa shape index (κ2) is 7.84. The van der Waals surface area contributed by atoms with Crippen LogP contribution in [0.5, 0.6) is 17.2 Å². The van der Waals surface area contributed by atoms with Crippen molar-refractivity contribution >= 4 is 12.1 Å². The van der Waals surface area contributed by atoms with Crippen molar-refractivity contribution in [2.45, 2.75) is 0 Å². The molecule has 0 atom stereocenters. The van der Waals surface area contributed by atoms with Crippen LogP contribution in [-0.2, 0) is 0 Å². The molecule has 0 aliphatic carbocycles. The molecule has 2 aromatic rings. The Labute approximate surface area is 134 Å².